The molecule has 0 fully saturated rings. The van der Waals surface area contributed by atoms with Crippen LogP contribution in [-0.2, 0) is 0 Å². The van der Waals surface area contributed by atoms with Crippen molar-refractivity contribution >= 4 is 6.21 Å². The van der Waals surface area contributed by atoms with Gasteiger partial charge in [0.15, 0.2) is 0 Å². The first-order chi connectivity index (χ1) is 7.27. The van der Waals surface area contributed by atoms with E-state index in [1.54, 1.807) is 11.2 Å². The standard InChI is InChI=1S/C12H18N2O/c1-3-12(10-15)14(2)13-9-11-7-5-4-6-8-11/h4-9,12,15H,3,10H2,1-2H3/b13-9+/t12-/m1/s1. The van der Waals surface area contributed by atoms with Crippen LogP contribution in [0.15, 0.2) is 35.4 Å². The summed E-state index contributed by atoms with van der Waals surface area (Å²) >= 11 is 0. The fraction of sp³-hybridized carbons (Fsp3) is 0.417. The van der Waals surface area contributed by atoms with Gasteiger partial charge < -0.3 is 5.11 Å². The van der Waals surface area contributed by atoms with Crippen molar-refractivity contribution in [3.05, 3.63) is 35.9 Å². The average molecular weight is 206 g/mol. The lowest BCUT2D eigenvalue weighted by Crippen LogP contribution is -2.29. The predicted molar refractivity (Wildman–Crippen MR) is 63.0 cm³/mol. The van der Waals surface area contributed by atoms with Crippen molar-refractivity contribution in [1.29, 1.82) is 0 Å². The molecule has 1 atom stereocenters. The zero-order valence-electron chi connectivity index (χ0n) is 9.30. The van der Waals surface area contributed by atoms with Crippen LogP contribution in [0.1, 0.15) is 18.9 Å². The largest absolute Gasteiger partial charge is 0.394 e. The van der Waals surface area contributed by atoms with Crippen LogP contribution in [0, 0.1) is 0 Å². The number of benzene rings is 1. The van der Waals surface area contributed by atoms with Gasteiger partial charge in [0.1, 0.15) is 0 Å². The summed E-state index contributed by atoms with van der Waals surface area (Å²) in [6.07, 6.45) is 2.69. The van der Waals surface area contributed by atoms with Crippen LogP contribution in [0.2, 0.25) is 0 Å². The molecule has 0 saturated carbocycles. The van der Waals surface area contributed by atoms with Gasteiger partial charge in [0.05, 0.1) is 18.9 Å². The second kappa shape index (κ2) is 6.19. The average Bonchev–Trinajstić information content (AvgIpc) is 2.29. The zero-order chi connectivity index (χ0) is 11.1. The van der Waals surface area contributed by atoms with Crippen molar-refractivity contribution in [3.63, 3.8) is 0 Å². The van der Waals surface area contributed by atoms with Crippen LogP contribution in [0.25, 0.3) is 0 Å². The fourth-order valence-electron chi connectivity index (χ4n) is 1.30. The van der Waals surface area contributed by atoms with E-state index in [1.807, 2.05) is 44.3 Å². The lowest BCUT2D eigenvalue weighted by atomic mass is 10.2. The SMILES string of the molecule is CC[C@H](CO)N(C)/N=C/c1ccccc1. The van der Waals surface area contributed by atoms with Gasteiger partial charge in [-0.2, -0.15) is 5.10 Å². The van der Waals surface area contributed by atoms with Gasteiger partial charge in [-0.1, -0.05) is 37.3 Å². The normalized spacial score (nSPS) is 13.0. The van der Waals surface area contributed by atoms with Crippen molar-refractivity contribution in [3.8, 4) is 0 Å². The molecule has 1 aromatic carbocycles. The second-order valence-corrected chi connectivity index (χ2v) is 3.47. The van der Waals surface area contributed by atoms with Crippen molar-refractivity contribution in [1.82, 2.24) is 5.01 Å². The molecular formula is C12H18N2O. The van der Waals surface area contributed by atoms with Gasteiger partial charge in [0.25, 0.3) is 0 Å². The molecular weight excluding hydrogens is 188 g/mol. The molecule has 0 saturated heterocycles. The summed E-state index contributed by atoms with van der Waals surface area (Å²) < 4.78 is 0. The Balaban J connectivity index is 2.57. The van der Waals surface area contributed by atoms with Gasteiger partial charge in [-0.05, 0) is 12.0 Å². The first-order valence-electron chi connectivity index (χ1n) is 5.20. The summed E-state index contributed by atoms with van der Waals surface area (Å²) in [5, 5.41) is 15.2. The summed E-state index contributed by atoms with van der Waals surface area (Å²) in [7, 11) is 1.88. The smallest absolute Gasteiger partial charge is 0.0695 e. The number of likely N-dealkylation sites (N-methyl/N-ethyl adjacent to an activating group) is 1. The van der Waals surface area contributed by atoms with Crippen molar-refractivity contribution in [2.24, 2.45) is 5.10 Å². The quantitative estimate of drug-likeness (QED) is 0.588. The molecule has 0 unspecified atom stereocenters. The first-order valence-corrected chi connectivity index (χ1v) is 5.20. The maximum absolute atomic E-state index is 9.08. The van der Waals surface area contributed by atoms with E-state index in [1.165, 1.54) is 0 Å². The van der Waals surface area contributed by atoms with Crippen LogP contribution in [-0.4, -0.2) is 36.0 Å². The van der Waals surface area contributed by atoms with Gasteiger partial charge in [0.2, 0.25) is 0 Å². The van der Waals surface area contributed by atoms with E-state index in [2.05, 4.69) is 5.10 Å². The van der Waals surface area contributed by atoms with E-state index in [4.69, 9.17) is 5.11 Å². The molecule has 15 heavy (non-hydrogen) atoms. The molecule has 82 valence electrons. The molecule has 1 N–H and O–H groups in total. The Morgan fingerprint density at radius 2 is 2.07 bits per heavy atom. The number of nitrogens with zero attached hydrogens (tertiary/aromatic N) is 2. The summed E-state index contributed by atoms with van der Waals surface area (Å²) in [5.41, 5.74) is 1.07. The van der Waals surface area contributed by atoms with Gasteiger partial charge >= 0.3 is 0 Å². The van der Waals surface area contributed by atoms with E-state index in [-0.39, 0.29) is 12.6 Å². The molecule has 3 nitrogen and oxygen atoms in total. The molecule has 0 aliphatic carbocycles. The van der Waals surface area contributed by atoms with E-state index in [0.29, 0.717) is 0 Å². The predicted octanol–water partition coefficient (Wildman–Crippen LogP) is 1.72. The maximum Gasteiger partial charge on any atom is 0.0695 e. The highest BCUT2D eigenvalue weighted by atomic mass is 16.3. The molecule has 0 aliphatic heterocycles. The number of hydrazone groups is 1. The Morgan fingerprint density at radius 3 is 2.60 bits per heavy atom. The molecule has 0 aliphatic rings. The molecule has 1 aromatic rings. The summed E-state index contributed by atoms with van der Waals surface area (Å²) in [6, 6.07) is 10.0. The molecule has 0 spiro atoms. The minimum absolute atomic E-state index is 0.102. The van der Waals surface area contributed by atoms with Crippen LogP contribution in [0.5, 0.6) is 0 Å². The molecule has 0 amide bonds. The third-order valence-electron chi connectivity index (χ3n) is 2.40. The topological polar surface area (TPSA) is 35.8 Å². The van der Waals surface area contributed by atoms with Crippen molar-refractivity contribution in [2.75, 3.05) is 13.7 Å². The van der Waals surface area contributed by atoms with E-state index in [9.17, 15) is 0 Å². The lowest BCUT2D eigenvalue weighted by Gasteiger charge is -2.21. The molecule has 0 radical (unpaired) electrons. The molecule has 0 bridgehead atoms. The highest BCUT2D eigenvalue weighted by molar-refractivity contribution is 5.79. The van der Waals surface area contributed by atoms with E-state index in [0.717, 1.165) is 12.0 Å². The number of hydrogen-bond acceptors (Lipinski definition) is 3. The molecule has 3 heteroatoms. The lowest BCUT2D eigenvalue weighted by molar-refractivity contribution is 0.148. The van der Waals surface area contributed by atoms with Crippen molar-refractivity contribution in [2.45, 2.75) is 19.4 Å². The Morgan fingerprint density at radius 1 is 1.40 bits per heavy atom. The van der Waals surface area contributed by atoms with Crippen LogP contribution in [0.3, 0.4) is 0 Å². The highest BCUT2D eigenvalue weighted by Gasteiger charge is 2.07. The highest BCUT2D eigenvalue weighted by Crippen LogP contribution is 2.01. The van der Waals surface area contributed by atoms with Crippen molar-refractivity contribution < 1.29 is 5.11 Å². The van der Waals surface area contributed by atoms with Crippen LogP contribution in [0.4, 0.5) is 0 Å². The summed E-state index contributed by atoms with van der Waals surface area (Å²) in [4.78, 5) is 0. The third-order valence-corrected chi connectivity index (χ3v) is 2.40. The van der Waals surface area contributed by atoms with Gasteiger partial charge in [0, 0.05) is 7.05 Å². The Hall–Kier alpha value is -1.35. The molecule has 0 heterocycles. The Kier molecular flexibility index (Phi) is 4.84. The van der Waals surface area contributed by atoms with E-state index >= 15 is 0 Å². The Labute approximate surface area is 91.0 Å². The molecule has 1 rings (SSSR count). The zero-order valence-corrected chi connectivity index (χ0v) is 9.30. The monoisotopic (exact) mass is 206 g/mol. The fourth-order valence-corrected chi connectivity index (χ4v) is 1.30. The van der Waals surface area contributed by atoms with E-state index < -0.39 is 0 Å². The maximum atomic E-state index is 9.08. The minimum atomic E-state index is 0.102. The van der Waals surface area contributed by atoms with Crippen LogP contribution < -0.4 is 0 Å². The number of aliphatic hydroxyl groups excluding tert-OH is 1. The molecule has 0 aromatic heterocycles. The van der Waals surface area contributed by atoms with Gasteiger partial charge in [-0.3, -0.25) is 5.01 Å². The first kappa shape index (κ1) is 11.7. The Bertz CT molecular complexity index is 294. The summed E-state index contributed by atoms with van der Waals surface area (Å²) in [5.74, 6) is 0. The minimum Gasteiger partial charge on any atom is -0.394 e. The number of hydrogen-bond donors (Lipinski definition) is 1. The number of rotatable bonds is 5. The van der Waals surface area contributed by atoms with Gasteiger partial charge in [-0.15, -0.1) is 0 Å². The summed E-state index contributed by atoms with van der Waals surface area (Å²) in [6.45, 7) is 2.18. The third kappa shape index (κ3) is 3.72. The van der Waals surface area contributed by atoms with Crippen LogP contribution >= 0.6 is 0 Å². The van der Waals surface area contributed by atoms with Gasteiger partial charge in [-0.25, -0.2) is 0 Å². The number of aliphatic hydroxyl groups is 1. The second-order valence-electron chi connectivity index (χ2n) is 3.47.